The van der Waals surface area contributed by atoms with E-state index in [1.54, 1.807) is 37.6 Å². The van der Waals surface area contributed by atoms with Gasteiger partial charge in [-0.3, -0.25) is 0 Å². The second-order valence-electron chi connectivity index (χ2n) is 5.36. The predicted octanol–water partition coefficient (Wildman–Crippen LogP) is 4.02. The summed E-state index contributed by atoms with van der Waals surface area (Å²) in [7, 11) is 1.66. The van der Waals surface area contributed by atoms with Crippen LogP contribution < -0.4 is 15.4 Å². The fourth-order valence-corrected chi connectivity index (χ4v) is 2.44. The van der Waals surface area contributed by atoms with Crippen molar-refractivity contribution in [1.29, 1.82) is 0 Å². The average Bonchev–Trinajstić information content (AvgIpc) is 2.64. The standard InChI is InChI=1S/C19H19FN4O/c1-25-17-9-5-2-6-14(17)10-12-21-18-11-13-22-19(24-18)23-16-8-4-3-7-15(16)20/h2-9,11,13H,10,12H2,1H3,(H2,21,22,23,24). The molecule has 3 aromatic rings. The molecule has 128 valence electrons. The molecule has 0 saturated carbocycles. The third-order valence-electron chi connectivity index (χ3n) is 3.67. The van der Waals surface area contributed by atoms with Crippen molar-refractivity contribution in [3.8, 4) is 5.75 Å². The number of ether oxygens (including phenoxy) is 1. The summed E-state index contributed by atoms with van der Waals surface area (Å²) in [6.45, 7) is 0.691. The molecule has 1 heterocycles. The number of hydrogen-bond acceptors (Lipinski definition) is 5. The molecule has 0 amide bonds. The first-order valence-electron chi connectivity index (χ1n) is 7.96. The van der Waals surface area contributed by atoms with Gasteiger partial charge in [0.15, 0.2) is 0 Å². The van der Waals surface area contributed by atoms with Crippen LogP contribution in [0.4, 0.5) is 21.8 Å². The molecule has 0 spiro atoms. The Labute approximate surface area is 145 Å². The molecule has 1 aromatic heterocycles. The highest BCUT2D eigenvalue weighted by molar-refractivity contribution is 5.55. The highest BCUT2D eigenvalue weighted by Crippen LogP contribution is 2.19. The molecule has 0 bridgehead atoms. The van der Waals surface area contributed by atoms with Gasteiger partial charge in [-0.2, -0.15) is 4.98 Å². The quantitative estimate of drug-likeness (QED) is 0.681. The molecule has 0 aliphatic rings. The van der Waals surface area contributed by atoms with Crippen LogP contribution in [0.2, 0.25) is 0 Å². The summed E-state index contributed by atoms with van der Waals surface area (Å²) >= 11 is 0. The minimum atomic E-state index is -0.347. The van der Waals surface area contributed by atoms with Crippen LogP contribution in [-0.2, 0) is 6.42 Å². The van der Waals surface area contributed by atoms with Crippen molar-refractivity contribution < 1.29 is 9.13 Å². The Morgan fingerprint density at radius 2 is 1.84 bits per heavy atom. The van der Waals surface area contributed by atoms with Crippen molar-refractivity contribution >= 4 is 17.5 Å². The molecule has 0 aliphatic carbocycles. The molecule has 6 heteroatoms. The van der Waals surface area contributed by atoms with Gasteiger partial charge in [0.1, 0.15) is 17.4 Å². The highest BCUT2D eigenvalue weighted by atomic mass is 19.1. The first-order chi connectivity index (χ1) is 12.3. The monoisotopic (exact) mass is 338 g/mol. The van der Waals surface area contributed by atoms with E-state index in [9.17, 15) is 4.39 Å². The Morgan fingerprint density at radius 1 is 1.04 bits per heavy atom. The van der Waals surface area contributed by atoms with Crippen LogP contribution in [0.1, 0.15) is 5.56 Å². The third kappa shape index (κ3) is 4.44. The molecule has 25 heavy (non-hydrogen) atoms. The normalized spacial score (nSPS) is 10.3. The summed E-state index contributed by atoms with van der Waals surface area (Å²) < 4.78 is 19.0. The van der Waals surface area contributed by atoms with Crippen LogP contribution in [0.25, 0.3) is 0 Å². The zero-order valence-corrected chi connectivity index (χ0v) is 13.9. The van der Waals surface area contributed by atoms with Gasteiger partial charge in [-0.1, -0.05) is 30.3 Å². The smallest absolute Gasteiger partial charge is 0.229 e. The van der Waals surface area contributed by atoms with E-state index in [2.05, 4.69) is 20.6 Å². The number of aromatic nitrogens is 2. The van der Waals surface area contributed by atoms with E-state index in [0.717, 1.165) is 17.7 Å². The van der Waals surface area contributed by atoms with E-state index in [4.69, 9.17) is 4.74 Å². The van der Waals surface area contributed by atoms with Crippen molar-refractivity contribution in [2.24, 2.45) is 0 Å². The lowest BCUT2D eigenvalue weighted by atomic mass is 10.1. The summed E-state index contributed by atoms with van der Waals surface area (Å²) in [6.07, 6.45) is 2.42. The number of para-hydroxylation sites is 2. The van der Waals surface area contributed by atoms with Crippen molar-refractivity contribution in [1.82, 2.24) is 9.97 Å². The molecule has 0 saturated heterocycles. The molecular formula is C19H19FN4O. The number of halogens is 1. The number of methoxy groups -OCH3 is 1. The van der Waals surface area contributed by atoms with Gasteiger partial charge >= 0.3 is 0 Å². The largest absolute Gasteiger partial charge is 0.496 e. The molecule has 5 nitrogen and oxygen atoms in total. The minimum absolute atomic E-state index is 0.340. The Hall–Kier alpha value is -3.15. The molecule has 2 N–H and O–H groups in total. The zero-order chi connectivity index (χ0) is 17.5. The van der Waals surface area contributed by atoms with Crippen molar-refractivity contribution in [2.75, 3.05) is 24.3 Å². The lowest BCUT2D eigenvalue weighted by Gasteiger charge is -2.10. The number of rotatable bonds is 7. The lowest BCUT2D eigenvalue weighted by molar-refractivity contribution is 0.410. The maximum Gasteiger partial charge on any atom is 0.229 e. The van der Waals surface area contributed by atoms with Gasteiger partial charge in [-0.05, 0) is 36.2 Å². The molecule has 3 rings (SSSR count). The number of anilines is 3. The van der Waals surface area contributed by atoms with E-state index in [-0.39, 0.29) is 5.82 Å². The maximum atomic E-state index is 13.7. The number of nitrogens with one attached hydrogen (secondary N) is 2. The first-order valence-corrected chi connectivity index (χ1v) is 7.96. The maximum absolute atomic E-state index is 13.7. The molecule has 0 aliphatic heterocycles. The van der Waals surface area contributed by atoms with Crippen LogP contribution in [-0.4, -0.2) is 23.6 Å². The number of hydrogen-bond donors (Lipinski definition) is 2. The van der Waals surface area contributed by atoms with Crippen molar-refractivity contribution in [3.63, 3.8) is 0 Å². The topological polar surface area (TPSA) is 59.1 Å². The van der Waals surface area contributed by atoms with E-state index in [1.807, 2.05) is 24.3 Å². The van der Waals surface area contributed by atoms with Crippen LogP contribution in [0.3, 0.4) is 0 Å². The molecular weight excluding hydrogens is 319 g/mol. The minimum Gasteiger partial charge on any atom is -0.496 e. The van der Waals surface area contributed by atoms with E-state index >= 15 is 0 Å². The predicted molar refractivity (Wildman–Crippen MR) is 96.9 cm³/mol. The Kier molecular flexibility index (Phi) is 5.41. The fraction of sp³-hybridized carbons (Fsp3) is 0.158. The van der Waals surface area contributed by atoms with E-state index < -0.39 is 0 Å². The molecule has 0 unspecified atom stereocenters. The van der Waals surface area contributed by atoms with E-state index in [0.29, 0.717) is 24.0 Å². The fourth-order valence-electron chi connectivity index (χ4n) is 2.44. The Morgan fingerprint density at radius 3 is 2.68 bits per heavy atom. The van der Waals surface area contributed by atoms with Crippen LogP contribution >= 0.6 is 0 Å². The summed E-state index contributed by atoms with van der Waals surface area (Å²) in [5, 5.41) is 6.13. The van der Waals surface area contributed by atoms with Crippen molar-refractivity contribution in [2.45, 2.75) is 6.42 Å². The Bertz CT molecular complexity index is 841. The second kappa shape index (κ2) is 8.10. The van der Waals surface area contributed by atoms with Gasteiger partial charge in [0, 0.05) is 12.7 Å². The van der Waals surface area contributed by atoms with Crippen molar-refractivity contribution in [3.05, 3.63) is 72.2 Å². The third-order valence-corrected chi connectivity index (χ3v) is 3.67. The second-order valence-corrected chi connectivity index (χ2v) is 5.36. The number of nitrogens with zero attached hydrogens (tertiary/aromatic N) is 2. The molecule has 0 radical (unpaired) electrons. The summed E-state index contributed by atoms with van der Waals surface area (Å²) in [5.74, 6) is 1.53. The van der Waals surface area contributed by atoms with Crippen LogP contribution in [0.5, 0.6) is 5.75 Å². The van der Waals surface area contributed by atoms with Gasteiger partial charge in [-0.25, -0.2) is 9.37 Å². The number of benzene rings is 2. The SMILES string of the molecule is COc1ccccc1CCNc1ccnc(Nc2ccccc2F)n1. The van der Waals surface area contributed by atoms with Gasteiger partial charge in [0.05, 0.1) is 12.8 Å². The first kappa shape index (κ1) is 16.7. The summed E-state index contributed by atoms with van der Waals surface area (Å²) in [6, 6.07) is 16.1. The lowest BCUT2D eigenvalue weighted by Crippen LogP contribution is -2.08. The molecule has 0 fully saturated rings. The summed E-state index contributed by atoms with van der Waals surface area (Å²) in [5.41, 5.74) is 1.46. The molecule has 2 aromatic carbocycles. The molecule has 0 atom stereocenters. The van der Waals surface area contributed by atoms with E-state index in [1.165, 1.54) is 6.07 Å². The van der Waals surface area contributed by atoms with Crippen LogP contribution in [0, 0.1) is 5.82 Å². The van der Waals surface area contributed by atoms with Gasteiger partial charge in [0.2, 0.25) is 5.95 Å². The van der Waals surface area contributed by atoms with Gasteiger partial charge < -0.3 is 15.4 Å². The highest BCUT2D eigenvalue weighted by Gasteiger charge is 2.05. The van der Waals surface area contributed by atoms with Gasteiger partial charge in [0.25, 0.3) is 0 Å². The average molecular weight is 338 g/mol. The Balaban J connectivity index is 1.61. The van der Waals surface area contributed by atoms with Gasteiger partial charge in [-0.15, -0.1) is 0 Å². The zero-order valence-electron chi connectivity index (χ0n) is 13.9. The van der Waals surface area contributed by atoms with Crippen LogP contribution in [0.15, 0.2) is 60.8 Å². The summed E-state index contributed by atoms with van der Waals surface area (Å²) in [4.78, 5) is 8.47.